The first kappa shape index (κ1) is 25.7. The fraction of sp³-hybridized carbons (Fsp3) is 0.160. The van der Waals surface area contributed by atoms with Gasteiger partial charge in [0.2, 0.25) is 5.43 Å². The highest BCUT2D eigenvalue weighted by molar-refractivity contribution is 5.97. The Labute approximate surface area is 205 Å². The van der Waals surface area contributed by atoms with Crippen LogP contribution in [0.25, 0.3) is 16.7 Å². The summed E-state index contributed by atoms with van der Waals surface area (Å²) in [6, 6.07) is 7.84. The maximum absolute atomic E-state index is 14.7. The first-order valence-corrected chi connectivity index (χ1v) is 10.7. The Hall–Kier alpha value is -4.35. The number of hydrogen-bond acceptors (Lipinski definition) is 4. The molecule has 0 saturated heterocycles. The summed E-state index contributed by atoms with van der Waals surface area (Å²) < 4.78 is 83.4. The minimum Gasteiger partial charge on any atom is -0.363 e. The molecule has 1 N–H and O–H groups in total. The summed E-state index contributed by atoms with van der Waals surface area (Å²) in [7, 11) is 3.35. The predicted molar refractivity (Wildman–Crippen MR) is 124 cm³/mol. The molecule has 6 nitrogen and oxygen atoms in total. The van der Waals surface area contributed by atoms with Crippen LogP contribution in [-0.4, -0.2) is 29.6 Å². The van der Waals surface area contributed by atoms with Crippen LogP contribution >= 0.6 is 0 Å². The standard InChI is InChI=1S/C25H18F6N4O2/c1-34(2)21-9-7-14-22(36)16(12-35(23(14)33-21)20-8-6-13(26)10-19(20)28)24(37)32-11-15-17(25(29,30)31)4-3-5-18(15)27/h3-10,12H,11H2,1-2H3,(H,32,37). The van der Waals surface area contributed by atoms with Gasteiger partial charge in [-0.3, -0.25) is 14.2 Å². The first-order valence-electron chi connectivity index (χ1n) is 10.7. The second kappa shape index (κ2) is 9.60. The number of nitrogens with one attached hydrogen (secondary N) is 1. The van der Waals surface area contributed by atoms with Gasteiger partial charge in [0.05, 0.1) is 16.6 Å². The highest BCUT2D eigenvalue weighted by Crippen LogP contribution is 2.33. The van der Waals surface area contributed by atoms with Crippen molar-refractivity contribution in [1.29, 1.82) is 0 Å². The van der Waals surface area contributed by atoms with Gasteiger partial charge in [0.25, 0.3) is 5.91 Å². The summed E-state index contributed by atoms with van der Waals surface area (Å²) in [6.45, 7) is -0.874. The molecule has 4 aromatic rings. The molecule has 2 heterocycles. The first-order chi connectivity index (χ1) is 17.4. The van der Waals surface area contributed by atoms with Gasteiger partial charge < -0.3 is 10.2 Å². The number of hydrogen-bond donors (Lipinski definition) is 1. The van der Waals surface area contributed by atoms with Crippen molar-refractivity contribution < 1.29 is 31.1 Å². The SMILES string of the molecule is CN(C)c1ccc2c(=O)c(C(=O)NCc3c(F)cccc3C(F)(F)F)cn(-c3ccc(F)cc3F)c2n1. The molecule has 2 aromatic carbocycles. The lowest BCUT2D eigenvalue weighted by molar-refractivity contribution is -0.138. The molecule has 0 bridgehead atoms. The van der Waals surface area contributed by atoms with E-state index in [0.29, 0.717) is 18.0 Å². The maximum atomic E-state index is 14.7. The molecule has 1 amide bonds. The van der Waals surface area contributed by atoms with E-state index in [-0.39, 0.29) is 16.7 Å². The average Bonchev–Trinajstić information content (AvgIpc) is 2.83. The fourth-order valence-electron chi connectivity index (χ4n) is 3.73. The molecule has 0 aliphatic heterocycles. The number of amides is 1. The fourth-order valence-corrected chi connectivity index (χ4v) is 3.73. The molecule has 0 unspecified atom stereocenters. The smallest absolute Gasteiger partial charge is 0.363 e. The van der Waals surface area contributed by atoms with Gasteiger partial charge in [-0.1, -0.05) is 6.07 Å². The van der Waals surface area contributed by atoms with Gasteiger partial charge in [-0.15, -0.1) is 0 Å². The zero-order chi connectivity index (χ0) is 27.1. The van der Waals surface area contributed by atoms with Crippen molar-refractivity contribution >= 4 is 22.8 Å². The van der Waals surface area contributed by atoms with Gasteiger partial charge in [-0.2, -0.15) is 13.2 Å². The number of pyridine rings is 2. The molecule has 0 aliphatic carbocycles. The van der Waals surface area contributed by atoms with E-state index in [4.69, 9.17) is 0 Å². The second-order valence-corrected chi connectivity index (χ2v) is 8.22. The minimum atomic E-state index is -4.88. The van der Waals surface area contributed by atoms with E-state index in [0.717, 1.165) is 35.0 Å². The van der Waals surface area contributed by atoms with E-state index in [1.165, 1.54) is 12.1 Å². The van der Waals surface area contributed by atoms with Crippen LogP contribution in [0.3, 0.4) is 0 Å². The minimum absolute atomic E-state index is 0.0493. The summed E-state index contributed by atoms with van der Waals surface area (Å²) in [5.41, 5.74) is -3.79. The number of fused-ring (bicyclic) bond motifs is 1. The van der Waals surface area contributed by atoms with Crippen LogP contribution in [0.15, 0.2) is 59.5 Å². The summed E-state index contributed by atoms with van der Waals surface area (Å²) in [5.74, 6) is -3.82. The predicted octanol–water partition coefficient (Wildman–Crippen LogP) is 4.82. The summed E-state index contributed by atoms with van der Waals surface area (Å²) >= 11 is 0. The lowest BCUT2D eigenvalue weighted by atomic mass is 10.1. The van der Waals surface area contributed by atoms with Crippen molar-refractivity contribution in [3.05, 3.63) is 99.1 Å². The van der Waals surface area contributed by atoms with Gasteiger partial charge in [0.15, 0.2) is 5.65 Å². The van der Waals surface area contributed by atoms with Crippen LogP contribution in [0.1, 0.15) is 21.5 Å². The molecule has 2 aromatic heterocycles. The zero-order valence-electron chi connectivity index (χ0n) is 19.3. The molecule has 0 fully saturated rings. The van der Waals surface area contributed by atoms with E-state index < -0.39 is 58.2 Å². The van der Waals surface area contributed by atoms with E-state index in [1.807, 2.05) is 0 Å². The lowest BCUT2D eigenvalue weighted by Crippen LogP contribution is -2.31. The van der Waals surface area contributed by atoms with Gasteiger partial charge in [-0.05, 0) is 36.4 Å². The molecule has 0 atom stereocenters. The van der Waals surface area contributed by atoms with Gasteiger partial charge in [0.1, 0.15) is 28.8 Å². The van der Waals surface area contributed by atoms with Gasteiger partial charge >= 0.3 is 6.18 Å². The Morgan fingerprint density at radius 2 is 1.76 bits per heavy atom. The topological polar surface area (TPSA) is 67.2 Å². The third-order valence-electron chi connectivity index (χ3n) is 5.56. The lowest BCUT2D eigenvalue weighted by Gasteiger charge is -2.17. The van der Waals surface area contributed by atoms with Crippen LogP contribution in [-0.2, 0) is 12.7 Å². The van der Waals surface area contributed by atoms with Gasteiger partial charge in [0, 0.05) is 38.5 Å². The quantitative estimate of drug-likeness (QED) is 0.384. The zero-order valence-corrected chi connectivity index (χ0v) is 19.3. The van der Waals surface area contributed by atoms with Crippen LogP contribution in [0, 0.1) is 17.5 Å². The van der Waals surface area contributed by atoms with Crippen molar-refractivity contribution in [1.82, 2.24) is 14.9 Å². The third kappa shape index (κ3) is 4.99. The Bertz CT molecular complexity index is 1580. The van der Waals surface area contributed by atoms with Crippen LogP contribution in [0.4, 0.5) is 32.2 Å². The Kier molecular flexibility index (Phi) is 6.68. The molecule has 0 radical (unpaired) electrons. The van der Waals surface area contributed by atoms with Crippen LogP contribution < -0.4 is 15.6 Å². The molecular weight excluding hydrogens is 502 g/mol. The van der Waals surface area contributed by atoms with Crippen molar-refractivity contribution in [2.45, 2.75) is 12.7 Å². The van der Waals surface area contributed by atoms with Crippen LogP contribution in [0.2, 0.25) is 0 Å². The van der Waals surface area contributed by atoms with Crippen molar-refractivity contribution in [3.63, 3.8) is 0 Å². The molecule has 0 saturated carbocycles. The molecule has 4 rings (SSSR count). The van der Waals surface area contributed by atoms with E-state index in [9.17, 15) is 35.9 Å². The number of benzene rings is 2. The molecule has 0 aliphatic rings. The summed E-state index contributed by atoms with van der Waals surface area (Å²) in [5, 5.41) is 2.02. The Morgan fingerprint density at radius 3 is 2.41 bits per heavy atom. The van der Waals surface area contributed by atoms with E-state index in [2.05, 4.69) is 10.3 Å². The van der Waals surface area contributed by atoms with E-state index >= 15 is 0 Å². The number of anilines is 1. The Balaban J connectivity index is 1.84. The van der Waals surface area contributed by atoms with Crippen molar-refractivity contribution in [2.75, 3.05) is 19.0 Å². The Morgan fingerprint density at radius 1 is 1.03 bits per heavy atom. The number of carbonyl (C=O) groups excluding carboxylic acids is 1. The normalized spacial score (nSPS) is 11.6. The molecule has 12 heteroatoms. The number of aromatic nitrogens is 2. The van der Waals surface area contributed by atoms with Crippen molar-refractivity contribution in [3.8, 4) is 5.69 Å². The number of nitrogens with zero attached hydrogens (tertiary/aromatic N) is 3. The second-order valence-electron chi connectivity index (χ2n) is 8.22. The third-order valence-corrected chi connectivity index (χ3v) is 5.56. The number of halogens is 6. The number of carbonyl (C=O) groups is 1. The largest absolute Gasteiger partial charge is 0.416 e. The summed E-state index contributed by atoms with van der Waals surface area (Å²) in [6.07, 6.45) is -3.93. The highest BCUT2D eigenvalue weighted by atomic mass is 19.4. The maximum Gasteiger partial charge on any atom is 0.416 e. The highest BCUT2D eigenvalue weighted by Gasteiger charge is 2.34. The molecule has 0 spiro atoms. The molecular formula is C25H18F6N4O2. The molecule has 192 valence electrons. The van der Waals surface area contributed by atoms with Gasteiger partial charge in [-0.25, -0.2) is 18.2 Å². The number of alkyl halides is 3. The monoisotopic (exact) mass is 520 g/mol. The van der Waals surface area contributed by atoms with Crippen LogP contribution in [0.5, 0.6) is 0 Å². The van der Waals surface area contributed by atoms with Crippen molar-refractivity contribution in [2.24, 2.45) is 0 Å². The average molecular weight is 520 g/mol. The molecule has 37 heavy (non-hydrogen) atoms. The number of rotatable bonds is 5. The van der Waals surface area contributed by atoms with E-state index in [1.54, 1.807) is 19.0 Å². The summed E-state index contributed by atoms with van der Waals surface area (Å²) in [4.78, 5) is 32.0.